The molecule has 0 bridgehead atoms. The third-order valence-electron chi connectivity index (χ3n) is 3.11. The number of anilines is 2. The van der Waals surface area contributed by atoms with Crippen LogP contribution in [0, 0.1) is 6.92 Å². The van der Waals surface area contributed by atoms with Crippen molar-refractivity contribution in [1.29, 1.82) is 0 Å². The standard InChI is InChI=1S/C15H20N4O/c1-3-17-15(20)6-7-18-14-5-4-13(16)12-9-19-10(2)8-11(12)14/h4-5,8-9,18H,3,6-7,16H2,1-2H3,(H,17,20). The number of benzene rings is 1. The quantitative estimate of drug-likeness (QED) is 0.728. The minimum Gasteiger partial charge on any atom is -0.398 e. The van der Waals surface area contributed by atoms with Crippen LogP contribution in [0.4, 0.5) is 11.4 Å². The maximum absolute atomic E-state index is 11.4. The van der Waals surface area contributed by atoms with Gasteiger partial charge in [0.25, 0.3) is 0 Å². The van der Waals surface area contributed by atoms with E-state index in [1.54, 1.807) is 6.20 Å². The summed E-state index contributed by atoms with van der Waals surface area (Å²) in [5, 5.41) is 8.03. The molecule has 20 heavy (non-hydrogen) atoms. The van der Waals surface area contributed by atoms with Gasteiger partial charge in [0.1, 0.15) is 0 Å². The Balaban J connectivity index is 2.16. The highest BCUT2D eigenvalue weighted by atomic mass is 16.1. The minimum atomic E-state index is 0.0533. The first-order valence-electron chi connectivity index (χ1n) is 6.77. The second-order valence-corrected chi connectivity index (χ2v) is 4.70. The molecular weight excluding hydrogens is 252 g/mol. The molecule has 1 amide bonds. The van der Waals surface area contributed by atoms with Gasteiger partial charge in [0.05, 0.1) is 0 Å². The van der Waals surface area contributed by atoms with E-state index in [0.717, 1.165) is 22.2 Å². The van der Waals surface area contributed by atoms with Gasteiger partial charge < -0.3 is 16.4 Å². The number of nitrogens with zero attached hydrogens (tertiary/aromatic N) is 1. The van der Waals surface area contributed by atoms with Crippen LogP contribution < -0.4 is 16.4 Å². The van der Waals surface area contributed by atoms with Crippen molar-refractivity contribution in [1.82, 2.24) is 10.3 Å². The fraction of sp³-hybridized carbons (Fsp3) is 0.333. The minimum absolute atomic E-state index is 0.0533. The number of aromatic nitrogens is 1. The highest BCUT2D eigenvalue weighted by Gasteiger charge is 2.06. The maximum atomic E-state index is 11.4. The molecule has 2 aromatic rings. The lowest BCUT2D eigenvalue weighted by Gasteiger charge is -2.11. The van der Waals surface area contributed by atoms with Gasteiger partial charge in [-0.05, 0) is 32.0 Å². The molecule has 0 radical (unpaired) electrons. The topological polar surface area (TPSA) is 80.0 Å². The van der Waals surface area contributed by atoms with Gasteiger partial charge >= 0.3 is 0 Å². The monoisotopic (exact) mass is 272 g/mol. The molecule has 5 heteroatoms. The van der Waals surface area contributed by atoms with E-state index in [1.807, 2.05) is 32.0 Å². The van der Waals surface area contributed by atoms with Crippen molar-refractivity contribution in [2.24, 2.45) is 0 Å². The molecule has 0 aliphatic heterocycles. The lowest BCUT2D eigenvalue weighted by atomic mass is 10.1. The summed E-state index contributed by atoms with van der Waals surface area (Å²) in [7, 11) is 0. The normalized spacial score (nSPS) is 10.5. The first-order chi connectivity index (χ1) is 9.61. The molecule has 0 saturated carbocycles. The number of carbonyl (C=O) groups is 1. The molecule has 0 fully saturated rings. The Labute approximate surface area is 118 Å². The summed E-state index contributed by atoms with van der Waals surface area (Å²) < 4.78 is 0. The Bertz CT molecular complexity index is 625. The molecule has 5 nitrogen and oxygen atoms in total. The zero-order valence-corrected chi connectivity index (χ0v) is 11.9. The third-order valence-corrected chi connectivity index (χ3v) is 3.11. The number of nitrogens with one attached hydrogen (secondary N) is 2. The predicted octanol–water partition coefficient (Wildman–Crippen LogP) is 2.06. The van der Waals surface area contributed by atoms with Crippen LogP contribution >= 0.6 is 0 Å². The van der Waals surface area contributed by atoms with Crippen molar-refractivity contribution in [2.75, 3.05) is 24.1 Å². The van der Waals surface area contributed by atoms with E-state index >= 15 is 0 Å². The molecule has 0 atom stereocenters. The van der Waals surface area contributed by atoms with Gasteiger partial charge in [0.15, 0.2) is 0 Å². The number of fused-ring (bicyclic) bond motifs is 1. The van der Waals surface area contributed by atoms with Crippen LogP contribution in [-0.2, 0) is 4.79 Å². The fourth-order valence-electron chi connectivity index (χ4n) is 2.12. The number of hydrogen-bond acceptors (Lipinski definition) is 4. The van der Waals surface area contributed by atoms with Crippen LogP contribution in [0.25, 0.3) is 10.8 Å². The number of pyridine rings is 1. The van der Waals surface area contributed by atoms with Crippen LogP contribution in [0.1, 0.15) is 19.0 Å². The smallest absolute Gasteiger partial charge is 0.221 e. The van der Waals surface area contributed by atoms with Gasteiger partial charge in [0.2, 0.25) is 5.91 Å². The van der Waals surface area contributed by atoms with E-state index in [1.165, 1.54) is 0 Å². The molecule has 106 valence electrons. The summed E-state index contributed by atoms with van der Waals surface area (Å²) in [6.07, 6.45) is 2.23. The molecule has 0 spiro atoms. The van der Waals surface area contributed by atoms with E-state index in [9.17, 15) is 4.79 Å². The molecule has 0 unspecified atom stereocenters. The summed E-state index contributed by atoms with van der Waals surface area (Å²) in [6, 6.07) is 5.79. The van der Waals surface area contributed by atoms with Crippen LogP contribution in [-0.4, -0.2) is 24.0 Å². The highest BCUT2D eigenvalue weighted by Crippen LogP contribution is 2.28. The number of nitrogen functional groups attached to an aromatic ring is 1. The zero-order valence-electron chi connectivity index (χ0n) is 11.9. The molecule has 0 aliphatic rings. The molecular formula is C15H20N4O. The molecule has 0 aliphatic carbocycles. The largest absolute Gasteiger partial charge is 0.398 e. The van der Waals surface area contributed by atoms with Gasteiger partial charge in [-0.1, -0.05) is 0 Å². The highest BCUT2D eigenvalue weighted by molar-refractivity contribution is 6.00. The van der Waals surface area contributed by atoms with E-state index in [0.29, 0.717) is 25.2 Å². The van der Waals surface area contributed by atoms with E-state index in [2.05, 4.69) is 15.6 Å². The summed E-state index contributed by atoms with van der Waals surface area (Å²) in [5.41, 5.74) is 8.59. The van der Waals surface area contributed by atoms with Crippen molar-refractivity contribution >= 4 is 28.1 Å². The summed E-state index contributed by atoms with van der Waals surface area (Å²) in [6.45, 7) is 5.11. The Morgan fingerprint density at radius 3 is 2.90 bits per heavy atom. The van der Waals surface area contributed by atoms with Crippen molar-refractivity contribution < 1.29 is 4.79 Å². The fourth-order valence-corrected chi connectivity index (χ4v) is 2.12. The maximum Gasteiger partial charge on any atom is 0.221 e. The number of aryl methyl sites for hydroxylation is 1. The molecule has 1 heterocycles. The van der Waals surface area contributed by atoms with Crippen LogP contribution in [0.5, 0.6) is 0 Å². The number of rotatable bonds is 5. The zero-order chi connectivity index (χ0) is 14.5. The van der Waals surface area contributed by atoms with Crippen molar-refractivity contribution in [3.8, 4) is 0 Å². The molecule has 1 aromatic heterocycles. The van der Waals surface area contributed by atoms with Crippen LogP contribution in [0.2, 0.25) is 0 Å². The third kappa shape index (κ3) is 3.17. The number of carbonyl (C=O) groups excluding carboxylic acids is 1. The van der Waals surface area contributed by atoms with Crippen molar-refractivity contribution in [2.45, 2.75) is 20.3 Å². The van der Waals surface area contributed by atoms with Gasteiger partial charge in [-0.25, -0.2) is 0 Å². The molecule has 1 aromatic carbocycles. The van der Waals surface area contributed by atoms with Gasteiger partial charge in [-0.15, -0.1) is 0 Å². The van der Waals surface area contributed by atoms with E-state index < -0.39 is 0 Å². The summed E-state index contributed by atoms with van der Waals surface area (Å²) in [4.78, 5) is 15.7. The van der Waals surface area contributed by atoms with E-state index in [-0.39, 0.29) is 5.91 Å². The Morgan fingerprint density at radius 1 is 1.35 bits per heavy atom. The Hall–Kier alpha value is -2.30. The number of nitrogens with two attached hydrogens (primary N) is 1. The second-order valence-electron chi connectivity index (χ2n) is 4.70. The van der Waals surface area contributed by atoms with Crippen molar-refractivity contribution in [3.05, 3.63) is 30.1 Å². The summed E-state index contributed by atoms with van der Waals surface area (Å²) in [5.74, 6) is 0.0533. The average molecular weight is 272 g/mol. The summed E-state index contributed by atoms with van der Waals surface area (Å²) >= 11 is 0. The lowest BCUT2D eigenvalue weighted by Crippen LogP contribution is -2.24. The van der Waals surface area contributed by atoms with Gasteiger partial charge in [-0.2, -0.15) is 0 Å². The SMILES string of the molecule is CCNC(=O)CCNc1ccc(N)c2cnc(C)cc12. The molecule has 4 N–H and O–H groups in total. The first kappa shape index (κ1) is 14.1. The first-order valence-corrected chi connectivity index (χ1v) is 6.77. The lowest BCUT2D eigenvalue weighted by molar-refractivity contribution is -0.120. The van der Waals surface area contributed by atoms with Crippen molar-refractivity contribution in [3.63, 3.8) is 0 Å². The van der Waals surface area contributed by atoms with Gasteiger partial charge in [-0.3, -0.25) is 9.78 Å². The second kappa shape index (κ2) is 6.23. The van der Waals surface area contributed by atoms with Gasteiger partial charge in [0, 0.05) is 53.5 Å². The Morgan fingerprint density at radius 2 is 2.15 bits per heavy atom. The van der Waals surface area contributed by atoms with Crippen LogP contribution in [0.3, 0.4) is 0 Å². The molecule has 0 saturated heterocycles. The predicted molar refractivity (Wildman–Crippen MR) is 82.7 cm³/mol. The molecule has 2 rings (SSSR count). The van der Waals surface area contributed by atoms with Crippen LogP contribution in [0.15, 0.2) is 24.4 Å². The van der Waals surface area contributed by atoms with E-state index in [4.69, 9.17) is 5.73 Å². The number of amides is 1. The average Bonchev–Trinajstić information content (AvgIpc) is 2.41. The number of hydrogen-bond donors (Lipinski definition) is 3. The Kier molecular flexibility index (Phi) is 4.40.